The van der Waals surface area contributed by atoms with Crippen molar-refractivity contribution in [1.82, 2.24) is 16.0 Å². The molecule has 0 bridgehead atoms. The predicted molar refractivity (Wildman–Crippen MR) is 169 cm³/mol. The first-order valence-electron chi connectivity index (χ1n) is 17.1. The Balaban J connectivity index is 1.66. The summed E-state index contributed by atoms with van der Waals surface area (Å²) in [6, 6.07) is -4.65. The topological polar surface area (TPSA) is 374 Å². The van der Waals surface area contributed by atoms with Crippen molar-refractivity contribution in [2.45, 2.75) is 143 Å². The maximum Gasteiger partial charge on any atom is 0.217 e. The lowest BCUT2D eigenvalue weighted by atomic mass is 9.93. The number of ether oxygens (including phenoxy) is 7. The van der Waals surface area contributed by atoms with E-state index in [1.54, 1.807) is 0 Å². The summed E-state index contributed by atoms with van der Waals surface area (Å²) >= 11 is 0. The molecule has 14 N–H and O–H groups in total. The van der Waals surface area contributed by atoms with E-state index in [1.165, 1.54) is 0 Å². The number of carbonyl (C=O) groups excluding carboxylic acids is 3. The van der Waals surface area contributed by atoms with E-state index in [-0.39, 0.29) is 0 Å². The van der Waals surface area contributed by atoms with Crippen LogP contribution in [0.3, 0.4) is 0 Å². The number of rotatable bonds is 13. The van der Waals surface area contributed by atoms with Gasteiger partial charge in [-0.15, -0.1) is 0 Å². The Morgan fingerprint density at radius 2 is 0.796 bits per heavy atom. The second-order valence-corrected chi connectivity index (χ2v) is 13.3. The van der Waals surface area contributed by atoms with Gasteiger partial charge in [0.25, 0.3) is 0 Å². The molecular formula is C30H51N3O21. The highest BCUT2D eigenvalue weighted by molar-refractivity contribution is 5.74. The minimum Gasteiger partial charge on any atom is -0.394 e. The molecule has 4 aliphatic rings. The van der Waals surface area contributed by atoms with Crippen LogP contribution in [-0.4, -0.2) is 223 Å². The summed E-state index contributed by atoms with van der Waals surface area (Å²) in [5, 5.41) is 123. The first-order valence-corrected chi connectivity index (χ1v) is 17.1. The quantitative estimate of drug-likeness (QED) is 0.0823. The Bertz CT molecular complexity index is 1250. The van der Waals surface area contributed by atoms with Crippen LogP contribution in [0, 0.1) is 0 Å². The number of aliphatic hydroxyl groups is 11. The van der Waals surface area contributed by atoms with E-state index >= 15 is 0 Å². The van der Waals surface area contributed by atoms with Crippen molar-refractivity contribution < 1.29 is 104 Å². The molecule has 54 heavy (non-hydrogen) atoms. The minimum absolute atomic E-state index is 0.698. The number of hydrogen-bond donors (Lipinski definition) is 14. The SMILES string of the molecule is CC(=O)N[C@H]1[C@H](O[C@H]2[C@H](O)[C@@H](CO)O[C@@H](O[C@H]3[C@@H](O)[C@@H](CO)O[C@@H](O[C@H]4[C@@H](O)[C@@H](CO)OC(O)[C@@H]4NC(C)=O)[C@@H]3O)[C@@H]2NC(C)=O)O[C@H](CO)[C@H](O)[C@@H]1O. The van der Waals surface area contributed by atoms with Crippen molar-refractivity contribution >= 4 is 17.7 Å². The third kappa shape index (κ3) is 9.79. The highest BCUT2D eigenvalue weighted by atomic mass is 16.7. The Kier molecular flexibility index (Phi) is 15.8. The van der Waals surface area contributed by atoms with Gasteiger partial charge < -0.3 is 105 Å². The van der Waals surface area contributed by atoms with Crippen molar-refractivity contribution in [2.75, 3.05) is 26.4 Å². The van der Waals surface area contributed by atoms with Crippen molar-refractivity contribution in [3.05, 3.63) is 0 Å². The Morgan fingerprint density at radius 1 is 0.444 bits per heavy atom. The summed E-state index contributed by atoms with van der Waals surface area (Å²) in [4.78, 5) is 36.4. The second-order valence-electron chi connectivity index (χ2n) is 13.3. The van der Waals surface area contributed by atoms with Crippen molar-refractivity contribution in [1.29, 1.82) is 0 Å². The molecule has 3 amide bonds. The fraction of sp³-hybridized carbons (Fsp3) is 0.900. The van der Waals surface area contributed by atoms with Crippen LogP contribution in [-0.2, 0) is 47.5 Å². The van der Waals surface area contributed by atoms with E-state index in [9.17, 15) is 70.6 Å². The lowest BCUT2D eigenvalue weighted by Crippen LogP contribution is -2.71. The van der Waals surface area contributed by atoms with Gasteiger partial charge in [-0.2, -0.15) is 0 Å². The molecule has 0 radical (unpaired) electrons. The van der Waals surface area contributed by atoms with Crippen LogP contribution in [0.5, 0.6) is 0 Å². The van der Waals surface area contributed by atoms with Crippen molar-refractivity contribution in [3.8, 4) is 0 Å². The molecule has 24 heteroatoms. The number of nitrogens with one attached hydrogen (secondary N) is 3. The fourth-order valence-corrected chi connectivity index (χ4v) is 6.75. The van der Waals surface area contributed by atoms with Crippen LogP contribution in [0.25, 0.3) is 0 Å². The number of aliphatic hydroxyl groups excluding tert-OH is 11. The lowest BCUT2D eigenvalue weighted by Gasteiger charge is -2.50. The molecule has 1 unspecified atom stereocenters. The number of hydrogen-bond acceptors (Lipinski definition) is 21. The van der Waals surface area contributed by atoms with Crippen LogP contribution in [0.15, 0.2) is 0 Å². The molecule has 24 nitrogen and oxygen atoms in total. The standard InChI is InChI=1S/C30H51N3O21/c1-8(38)31-15-22(45)18(41)11(4-34)49-28(15)52-25-17(33-10(3)40)29(50-13(6-36)20(25)43)54-26-21(44)14(7-37)51-30(23(26)46)53-24-16(32-9(2)39)27(47)48-12(5-35)19(24)42/h11-30,34-37,41-47H,4-7H2,1-3H3,(H,31,38)(H,32,39)(H,33,40)/t11-,12-,13-,14-,15-,16-,17-,18+,19+,20-,21+,22-,23-,24-,25-,26+,27?,28+,29+,30+/m1/s1. The van der Waals surface area contributed by atoms with Gasteiger partial charge in [0.05, 0.1) is 26.4 Å². The molecule has 0 aliphatic carbocycles. The van der Waals surface area contributed by atoms with Crippen LogP contribution in [0.2, 0.25) is 0 Å². The summed E-state index contributed by atoms with van der Waals surface area (Å²) in [6.07, 6.45) is -29.8. The summed E-state index contributed by atoms with van der Waals surface area (Å²) in [7, 11) is 0. The molecule has 0 aromatic rings. The lowest BCUT2D eigenvalue weighted by molar-refractivity contribution is -0.372. The molecule has 4 heterocycles. The van der Waals surface area contributed by atoms with Crippen molar-refractivity contribution in [2.24, 2.45) is 0 Å². The average Bonchev–Trinajstić information content (AvgIpc) is 3.11. The van der Waals surface area contributed by atoms with E-state index in [4.69, 9.17) is 33.2 Å². The van der Waals surface area contributed by atoms with Gasteiger partial charge >= 0.3 is 0 Å². The molecule has 0 aromatic carbocycles. The van der Waals surface area contributed by atoms with Crippen LogP contribution < -0.4 is 16.0 Å². The maximum atomic E-state index is 12.5. The Labute approximate surface area is 307 Å². The molecular weight excluding hydrogens is 738 g/mol. The van der Waals surface area contributed by atoms with Gasteiger partial charge in [-0.3, -0.25) is 14.4 Å². The molecule has 312 valence electrons. The van der Waals surface area contributed by atoms with E-state index in [1.807, 2.05) is 0 Å². The zero-order chi connectivity index (χ0) is 40.2. The smallest absolute Gasteiger partial charge is 0.217 e. The molecule has 4 aliphatic heterocycles. The monoisotopic (exact) mass is 789 g/mol. The molecule has 0 aromatic heterocycles. The zero-order valence-corrected chi connectivity index (χ0v) is 29.4. The first kappa shape index (κ1) is 44.4. The normalized spacial score (nSPS) is 45.7. The van der Waals surface area contributed by atoms with Crippen LogP contribution in [0.4, 0.5) is 0 Å². The largest absolute Gasteiger partial charge is 0.394 e. The van der Waals surface area contributed by atoms with Crippen molar-refractivity contribution in [3.63, 3.8) is 0 Å². The van der Waals surface area contributed by atoms with E-state index in [0.717, 1.165) is 20.8 Å². The molecule has 20 atom stereocenters. The van der Waals surface area contributed by atoms with Crippen LogP contribution in [0.1, 0.15) is 20.8 Å². The Hall–Kier alpha value is -2.31. The summed E-state index contributed by atoms with van der Waals surface area (Å²) in [5.74, 6) is -2.18. The second kappa shape index (κ2) is 19.2. The minimum atomic E-state index is -2.08. The molecule has 4 saturated heterocycles. The van der Waals surface area contributed by atoms with Gasteiger partial charge in [-0.25, -0.2) is 0 Å². The summed E-state index contributed by atoms with van der Waals surface area (Å²) in [6.45, 7) is -0.255. The molecule has 4 rings (SSSR count). The molecule has 0 saturated carbocycles. The van der Waals surface area contributed by atoms with Gasteiger partial charge in [0.1, 0.15) is 97.5 Å². The molecule has 4 fully saturated rings. The van der Waals surface area contributed by atoms with Gasteiger partial charge in [0.15, 0.2) is 25.2 Å². The van der Waals surface area contributed by atoms with Gasteiger partial charge in [-0.1, -0.05) is 0 Å². The fourth-order valence-electron chi connectivity index (χ4n) is 6.75. The molecule has 0 spiro atoms. The number of amides is 3. The number of carbonyl (C=O) groups is 3. The van der Waals surface area contributed by atoms with Gasteiger partial charge in [0, 0.05) is 20.8 Å². The third-order valence-electron chi connectivity index (χ3n) is 9.41. The van der Waals surface area contributed by atoms with E-state index < -0.39 is 167 Å². The van der Waals surface area contributed by atoms with E-state index in [0.29, 0.717) is 0 Å². The Morgan fingerprint density at radius 3 is 1.30 bits per heavy atom. The van der Waals surface area contributed by atoms with E-state index in [2.05, 4.69) is 16.0 Å². The zero-order valence-electron chi connectivity index (χ0n) is 29.4. The summed E-state index contributed by atoms with van der Waals surface area (Å²) < 4.78 is 39.8. The van der Waals surface area contributed by atoms with Crippen LogP contribution >= 0.6 is 0 Å². The first-order chi connectivity index (χ1) is 25.5. The van der Waals surface area contributed by atoms with Gasteiger partial charge in [-0.05, 0) is 0 Å². The van der Waals surface area contributed by atoms with Gasteiger partial charge in [0.2, 0.25) is 17.7 Å². The maximum absolute atomic E-state index is 12.5. The highest BCUT2D eigenvalue weighted by Crippen LogP contribution is 2.34. The third-order valence-corrected chi connectivity index (χ3v) is 9.41. The average molecular weight is 790 g/mol. The highest BCUT2D eigenvalue weighted by Gasteiger charge is 2.56. The predicted octanol–water partition coefficient (Wildman–Crippen LogP) is -9.32. The summed E-state index contributed by atoms with van der Waals surface area (Å²) in [5.41, 5.74) is 0.